The van der Waals surface area contributed by atoms with Gasteiger partial charge in [0.15, 0.2) is 11.4 Å². The van der Waals surface area contributed by atoms with Gasteiger partial charge < -0.3 is 10.6 Å². The van der Waals surface area contributed by atoms with Crippen molar-refractivity contribution in [3.63, 3.8) is 0 Å². The van der Waals surface area contributed by atoms with E-state index in [-0.39, 0.29) is 17.7 Å². The molecule has 0 radical (unpaired) electrons. The Balaban J connectivity index is 1.40. The number of benzene rings is 2. The van der Waals surface area contributed by atoms with Gasteiger partial charge in [0.2, 0.25) is 5.91 Å². The predicted molar refractivity (Wildman–Crippen MR) is 151 cm³/mol. The molecule has 7 nitrogen and oxygen atoms in total. The summed E-state index contributed by atoms with van der Waals surface area (Å²) in [5, 5.41) is 5.80. The zero-order chi connectivity index (χ0) is 26.8. The molecule has 1 atom stereocenters. The average Bonchev–Trinajstić information content (AvgIpc) is 3.33. The Labute approximate surface area is 223 Å². The molecule has 3 heterocycles. The van der Waals surface area contributed by atoms with E-state index in [1.807, 2.05) is 53.8 Å². The minimum atomic E-state index is -0.0643. The summed E-state index contributed by atoms with van der Waals surface area (Å²) in [7, 11) is 0. The number of likely N-dealkylation sites (tertiary alicyclic amines) is 1. The number of aryl methyl sites for hydroxylation is 3. The van der Waals surface area contributed by atoms with Crippen LogP contribution in [0.1, 0.15) is 52.4 Å². The number of pyridine rings is 1. The van der Waals surface area contributed by atoms with Crippen LogP contribution in [0.2, 0.25) is 0 Å². The van der Waals surface area contributed by atoms with Crippen LogP contribution >= 0.6 is 0 Å². The fourth-order valence-electron chi connectivity index (χ4n) is 5.49. The molecule has 0 spiro atoms. The van der Waals surface area contributed by atoms with Gasteiger partial charge in [-0.15, -0.1) is 0 Å². The Morgan fingerprint density at radius 2 is 1.84 bits per heavy atom. The minimum absolute atomic E-state index is 0.00776. The molecular weight excluding hydrogens is 474 g/mol. The highest BCUT2D eigenvalue weighted by Crippen LogP contribution is 2.34. The van der Waals surface area contributed by atoms with E-state index in [4.69, 9.17) is 10.8 Å². The van der Waals surface area contributed by atoms with E-state index in [1.165, 1.54) is 6.08 Å². The lowest BCUT2D eigenvalue weighted by Crippen LogP contribution is -2.40. The topological polar surface area (TPSA) is 94.1 Å². The second-order valence-electron chi connectivity index (χ2n) is 10.1. The lowest BCUT2D eigenvalue weighted by molar-refractivity contribution is -0.127. The van der Waals surface area contributed by atoms with Crippen molar-refractivity contribution in [3.05, 3.63) is 89.6 Å². The maximum atomic E-state index is 12.9. The van der Waals surface area contributed by atoms with Gasteiger partial charge in [-0.2, -0.15) is 5.10 Å². The van der Waals surface area contributed by atoms with E-state index in [9.17, 15) is 9.59 Å². The molecular formula is C31H33N5O2. The summed E-state index contributed by atoms with van der Waals surface area (Å²) in [6.45, 7) is 8.88. The van der Waals surface area contributed by atoms with Gasteiger partial charge in [0, 0.05) is 42.5 Å². The van der Waals surface area contributed by atoms with Crippen LogP contribution in [0.3, 0.4) is 0 Å². The van der Waals surface area contributed by atoms with Crippen molar-refractivity contribution in [2.24, 2.45) is 0 Å². The van der Waals surface area contributed by atoms with Crippen molar-refractivity contribution >= 4 is 28.4 Å². The Bertz CT molecular complexity index is 1500. The molecule has 1 aliphatic heterocycles. The Hall–Kier alpha value is -4.26. The second-order valence-corrected chi connectivity index (χ2v) is 10.1. The van der Waals surface area contributed by atoms with Crippen molar-refractivity contribution in [2.45, 2.75) is 45.6 Å². The van der Waals surface area contributed by atoms with Crippen molar-refractivity contribution < 1.29 is 9.59 Å². The number of nitrogen functional groups attached to an aromatic ring is 1. The van der Waals surface area contributed by atoms with Gasteiger partial charge in [-0.05, 0) is 61.9 Å². The van der Waals surface area contributed by atoms with Gasteiger partial charge in [-0.1, -0.05) is 49.0 Å². The molecule has 5 rings (SSSR count). The Morgan fingerprint density at radius 3 is 2.55 bits per heavy atom. The van der Waals surface area contributed by atoms with E-state index < -0.39 is 0 Å². The average molecular weight is 508 g/mol. The Kier molecular flexibility index (Phi) is 7.09. The van der Waals surface area contributed by atoms with Gasteiger partial charge in [0.05, 0.1) is 11.4 Å². The fourth-order valence-corrected chi connectivity index (χ4v) is 5.49. The molecule has 0 saturated carbocycles. The zero-order valence-electron chi connectivity index (χ0n) is 22.0. The highest BCUT2D eigenvalue weighted by Gasteiger charge is 2.27. The maximum absolute atomic E-state index is 12.9. The molecule has 0 bridgehead atoms. The highest BCUT2D eigenvalue weighted by molar-refractivity contribution is 6.00. The minimum Gasteiger partial charge on any atom is -0.398 e. The standard InChI is InChI=1S/C31H33N5O2/c1-4-27(38)35-18-6-9-24(19-35)36-31-29(25(32)16-17-33-31)30(34-36)23-13-10-22(11-14-23)12-15-26(37)28-20(2)7-5-8-21(28)3/h4-5,7-8,10-11,13-14,16-17,24H,1,6,9,12,15,18-19H2,2-3H3,(H2,32,33)/t24-/m1/s1. The molecule has 194 valence electrons. The number of rotatable bonds is 7. The summed E-state index contributed by atoms with van der Waals surface area (Å²) in [5.41, 5.74) is 13.4. The van der Waals surface area contributed by atoms with E-state index in [1.54, 1.807) is 12.3 Å². The quantitative estimate of drug-likeness (QED) is 0.265. The number of hydrogen-bond acceptors (Lipinski definition) is 5. The number of carbonyl (C=O) groups excluding carboxylic acids is 2. The first-order valence-electron chi connectivity index (χ1n) is 13.1. The summed E-state index contributed by atoms with van der Waals surface area (Å²) in [6, 6.07) is 15.9. The number of hydrogen-bond donors (Lipinski definition) is 1. The number of carbonyl (C=O) groups is 2. The number of amides is 1. The summed E-state index contributed by atoms with van der Waals surface area (Å²) >= 11 is 0. The number of piperidine rings is 1. The van der Waals surface area contributed by atoms with E-state index >= 15 is 0 Å². The number of fused-ring (bicyclic) bond motifs is 1. The number of nitrogens with zero attached hydrogens (tertiary/aromatic N) is 4. The Morgan fingerprint density at radius 1 is 1.11 bits per heavy atom. The van der Waals surface area contributed by atoms with Gasteiger partial charge in [0.25, 0.3) is 0 Å². The smallest absolute Gasteiger partial charge is 0.246 e. The molecule has 4 aromatic rings. The largest absolute Gasteiger partial charge is 0.398 e. The first-order valence-corrected chi connectivity index (χ1v) is 13.1. The molecule has 7 heteroatoms. The molecule has 0 aliphatic carbocycles. The molecule has 1 saturated heterocycles. The van der Waals surface area contributed by atoms with Crippen LogP contribution in [0.4, 0.5) is 5.69 Å². The lowest BCUT2D eigenvalue weighted by Gasteiger charge is -2.32. The summed E-state index contributed by atoms with van der Waals surface area (Å²) < 4.78 is 1.93. The van der Waals surface area contributed by atoms with Gasteiger partial charge in [0.1, 0.15) is 5.69 Å². The number of Topliss-reactive ketones (excluding diaryl/α,β-unsaturated/α-hetero) is 1. The number of aromatic nitrogens is 3. The molecule has 1 fully saturated rings. The summed E-state index contributed by atoms with van der Waals surface area (Å²) in [4.78, 5) is 31.6. The first kappa shape index (κ1) is 25.4. The first-order chi connectivity index (χ1) is 18.4. The van der Waals surface area contributed by atoms with E-state index in [0.717, 1.165) is 63.9 Å². The van der Waals surface area contributed by atoms with Crippen molar-refractivity contribution in [1.29, 1.82) is 0 Å². The van der Waals surface area contributed by atoms with Crippen molar-refractivity contribution in [3.8, 4) is 11.3 Å². The lowest BCUT2D eigenvalue weighted by atomic mass is 9.95. The normalized spacial score (nSPS) is 15.5. The second kappa shape index (κ2) is 10.6. The molecule has 1 aliphatic rings. The zero-order valence-corrected chi connectivity index (χ0v) is 22.0. The van der Waals surface area contributed by atoms with Gasteiger partial charge in [-0.3, -0.25) is 9.59 Å². The van der Waals surface area contributed by atoms with Crippen LogP contribution in [0.5, 0.6) is 0 Å². The third kappa shape index (κ3) is 4.84. The molecule has 1 amide bonds. The van der Waals surface area contributed by atoms with Crippen molar-refractivity contribution in [2.75, 3.05) is 18.8 Å². The molecule has 38 heavy (non-hydrogen) atoms. The highest BCUT2D eigenvalue weighted by atomic mass is 16.2. The van der Waals surface area contributed by atoms with Crippen LogP contribution < -0.4 is 5.73 Å². The van der Waals surface area contributed by atoms with Crippen LogP contribution in [-0.2, 0) is 11.2 Å². The third-order valence-corrected chi connectivity index (χ3v) is 7.48. The van der Waals surface area contributed by atoms with Crippen LogP contribution in [0.15, 0.2) is 67.4 Å². The monoisotopic (exact) mass is 507 g/mol. The SMILES string of the molecule is C=CC(=O)N1CCC[C@@H](n2nc(-c3ccc(CCC(=O)c4c(C)cccc4C)cc3)c3c(N)ccnc32)C1. The molecule has 2 aromatic heterocycles. The fraction of sp³-hybridized carbons (Fsp3) is 0.290. The number of ketones is 1. The molecule has 0 unspecified atom stereocenters. The number of anilines is 1. The third-order valence-electron chi connectivity index (χ3n) is 7.48. The van der Waals surface area contributed by atoms with Gasteiger partial charge in [-0.25, -0.2) is 9.67 Å². The predicted octanol–water partition coefficient (Wildman–Crippen LogP) is 5.46. The van der Waals surface area contributed by atoms with E-state index in [0.29, 0.717) is 25.1 Å². The van der Waals surface area contributed by atoms with E-state index in [2.05, 4.69) is 23.7 Å². The van der Waals surface area contributed by atoms with Crippen LogP contribution in [0, 0.1) is 13.8 Å². The van der Waals surface area contributed by atoms with Crippen LogP contribution in [-0.4, -0.2) is 44.4 Å². The number of nitrogens with two attached hydrogens (primary N) is 1. The molecule has 2 N–H and O–H groups in total. The van der Waals surface area contributed by atoms with Gasteiger partial charge >= 0.3 is 0 Å². The summed E-state index contributed by atoms with van der Waals surface area (Å²) in [6.07, 6.45) is 5.98. The maximum Gasteiger partial charge on any atom is 0.246 e. The molecule has 2 aromatic carbocycles. The van der Waals surface area contributed by atoms with Crippen molar-refractivity contribution in [1.82, 2.24) is 19.7 Å². The van der Waals surface area contributed by atoms with Crippen LogP contribution in [0.25, 0.3) is 22.3 Å². The summed E-state index contributed by atoms with van der Waals surface area (Å²) in [5.74, 6) is 0.107.